The van der Waals surface area contributed by atoms with Crippen LogP contribution in [0.25, 0.3) is 0 Å². The van der Waals surface area contributed by atoms with E-state index in [9.17, 15) is 0 Å². The molecule has 0 aliphatic heterocycles. The molecule has 1 aromatic carbocycles. The third-order valence-corrected chi connectivity index (χ3v) is 3.69. The summed E-state index contributed by atoms with van der Waals surface area (Å²) in [6.45, 7) is 13.8. The quantitative estimate of drug-likeness (QED) is 0.794. The van der Waals surface area contributed by atoms with Gasteiger partial charge in [-0.1, -0.05) is 43.7 Å². The first kappa shape index (κ1) is 16.2. The Morgan fingerprint density at radius 3 is 2.21 bits per heavy atom. The molecular weight excluding hydrogens is 234 g/mol. The molecule has 0 aliphatic carbocycles. The fraction of sp³-hybridized carbons (Fsp3) is 0.647. The molecule has 2 atom stereocenters. The van der Waals surface area contributed by atoms with Crippen LogP contribution in [0, 0.1) is 6.92 Å². The first-order valence-electron chi connectivity index (χ1n) is 7.37. The molecule has 0 fully saturated rings. The second kappa shape index (κ2) is 7.06. The van der Waals surface area contributed by atoms with Crippen LogP contribution in [0.2, 0.25) is 0 Å². The molecule has 0 bridgehead atoms. The number of benzene rings is 1. The van der Waals surface area contributed by atoms with Gasteiger partial charge in [-0.2, -0.15) is 0 Å². The van der Waals surface area contributed by atoms with Crippen LogP contribution in [0.1, 0.15) is 58.2 Å². The van der Waals surface area contributed by atoms with Crippen LogP contribution >= 0.6 is 0 Å². The maximum atomic E-state index is 6.22. The average Bonchev–Trinajstić information content (AvgIpc) is 2.36. The second-order valence-corrected chi connectivity index (χ2v) is 5.88. The first-order chi connectivity index (χ1) is 8.89. The van der Waals surface area contributed by atoms with Crippen molar-refractivity contribution >= 4 is 0 Å². The van der Waals surface area contributed by atoms with E-state index < -0.39 is 0 Å². The molecule has 1 rings (SSSR count). The van der Waals surface area contributed by atoms with Crippen molar-refractivity contribution in [1.82, 2.24) is 5.32 Å². The van der Waals surface area contributed by atoms with Crippen LogP contribution in [-0.4, -0.2) is 18.2 Å². The lowest BCUT2D eigenvalue weighted by atomic mass is 9.99. The van der Waals surface area contributed by atoms with Gasteiger partial charge in [0.15, 0.2) is 0 Å². The number of nitrogens with one attached hydrogen (secondary N) is 1. The maximum absolute atomic E-state index is 6.22. The van der Waals surface area contributed by atoms with E-state index in [1.165, 1.54) is 11.1 Å². The number of hydrogen-bond donors (Lipinski definition) is 1. The molecule has 0 aliphatic rings. The smallest absolute Gasteiger partial charge is 0.0748 e. The van der Waals surface area contributed by atoms with Crippen LogP contribution in [0.15, 0.2) is 24.3 Å². The lowest BCUT2D eigenvalue weighted by Gasteiger charge is -2.33. The molecule has 1 N–H and O–H groups in total. The third-order valence-electron chi connectivity index (χ3n) is 3.69. The molecule has 1 aromatic rings. The minimum absolute atomic E-state index is 0.0716. The lowest BCUT2D eigenvalue weighted by molar-refractivity contribution is -0.0798. The predicted molar refractivity (Wildman–Crippen MR) is 82.5 cm³/mol. The molecule has 2 nitrogen and oxygen atoms in total. The fourth-order valence-electron chi connectivity index (χ4n) is 2.20. The maximum Gasteiger partial charge on any atom is 0.0748 e. The van der Waals surface area contributed by atoms with E-state index >= 15 is 0 Å². The van der Waals surface area contributed by atoms with E-state index in [4.69, 9.17) is 4.74 Å². The van der Waals surface area contributed by atoms with Gasteiger partial charge in [0.2, 0.25) is 0 Å². The molecule has 2 unspecified atom stereocenters. The minimum atomic E-state index is -0.0716. The Morgan fingerprint density at radius 2 is 1.74 bits per heavy atom. The van der Waals surface area contributed by atoms with Crippen molar-refractivity contribution in [2.45, 2.75) is 65.7 Å². The molecule has 19 heavy (non-hydrogen) atoms. The molecule has 0 aromatic heterocycles. The topological polar surface area (TPSA) is 21.3 Å². The van der Waals surface area contributed by atoms with Gasteiger partial charge in [-0.05, 0) is 46.2 Å². The number of ether oxygens (including phenoxy) is 1. The third kappa shape index (κ3) is 4.96. The van der Waals surface area contributed by atoms with Crippen molar-refractivity contribution in [3.05, 3.63) is 35.4 Å². The Labute approximate surface area is 118 Å². The molecular formula is C17H29NO. The Bertz CT molecular complexity index is 369. The summed E-state index contributed by atoms with van der Waals surface area (Å²) < 4.78 is 6.22. The molecule has 0 amide bonds. The van der Waals surface area contributed by atoms with Crippen LogP contribution in [-0.2, 0) is 4.74 Å². The van der Waals surface area contributed by atoms with Crippen molar-refractivity contribution in [1.29, 1.82) is 0 Å². The zero-order valence-electron chi connectivity index (χ0n) is 13.3. The summed E-state index contributed by atoms with van der Waals surface area (Å²) in [4.78, 5) is 0. The van der Waals surface area contributed by atoms with Crippen molar-refractivity contribution in [2.75, 3.05) is 6.54 Å². The molecule has 0 radical (unpaired) electrons. The Kier molecular flexibility index (Phi) is 6.02. The molecule has 0 heterocycles. The summed E-state index contributed by atoms with van der Waals surface area (Å²) in [6.07, 6.45) is 1.17. The standard InChI is InChI=1S/C17H29NO/c1-7-17(5,6)19-14(4)16(18-8-2)15-11-9-13(3)10-12-15/h9-12,14,16,18H,7-8H2,1-6H3. The summed E-state index contributed by atoms with van der Waals surface area (Å²) in [5.74, 6) is 0. The summed E-state index contributed by atoms with van der Waals surface area (Å²) in [6, 6.07) is 8.97. The van der Waals surface area contributed by atoms with Crippen molar-refractivity contribution in [3.8, 4) is 0 Å². The van der Waals surface area contributed by atoms with E-state index in [0.717, 1.165) is 13.0 Å². The van der Waals surface area contributed by atoms with Gasteiger partial charge in [-0.25, -0.2) is 0 Å². The lowest BCUT2D eigenvalue weighted by Crippen LogP contribution is -2.37. The highest BCUT2D eigenvalue weighted by Crippen LogP contribution is 2.25. The largest absolute Gasteiger partial charge is 0.371 e. The van der Waals surface area contributed by atoms with Crippen LogP contribution < -0.4 is 5.32 Å². The normalized spacial score (nSPS) is 15.3. The Morgan fingerprint density at radius 1 is 1.16 bits per heavy atom. The Balaban J connectivity index is 2.84. The summed E-state index contributed by atoms with van der Waals surface area (Å²) in [5, 5.41) is 3.54. The number of rotatable bonds is 7. The van der Waals surface area contributed by atoms with E-state index in [1.807, 2.05) is 0 Å². The van der Waals surface area contributed by atoms with Crippen LogP contribution in [0.4, 0.5) is 0 Å². The van der Waals surface area contributed by atoms with Crippen molar-refractivity contribution < 1.29 is 4.74 Å². The monoisotopic (exact) mass is 263 g/mol. The predicted octanol–water partition coefficient (Wildman–Crippen LogP) is 4.24. The van der Waals surface area contributed by atoms with Crippen LogP contribution in [0.3, 0.4) is 0 Å². The van der Waals surface area contributed by atoms with E-state index in [1.54, 1.807) is 0 Å². The number of aryl methyl sites for hydroxylation is 1. The van der Waals surface area contributed by atoms with E-state index in [-0.39, 0.29) is 17.7 Å². The van der Waals surface area contributed by atoms with Gasteiger partial charge in [0, 0.05) is 0 Å². The van der Waals surface area contributed by atoms with Gasteiger partial charge in [0.25, 0.3) is 0 Å². The Hall–Kier alpha value is -0.860. The van der Waals surface area contributed by atoms with Crippen molar-refractivity contribution in [3.63, 3.8) is 0 Å². The van der Waals surface area contributed by atoms with Crippen molar-refractivity contribution in [2.24, 2.45) is 0 Å². The molecule has 108 valence electrons. The number of hydrogen-bond acceptors (Lipinski definition) is 2. The van der Waals surface area contributed by atoms with Crippen LogP contribution in [0.5, 0.6) is 0 Å². The number of likely N-dealkylation sites (N-methyl/N-ethyl adjacent to an activating group) is 1. The van der Waals surface area contributed by atoms with Gasteiger partial charge in [0.1, 0.15) is 0 Å². The van der Waals surface area contributed by atoms with Gasteiger partial charge in [-0.15, -0.1) is 0 Å². The molecule has 2 heteroatoms. The van der Waals surface area contributed by atoms with E-state index in [0.29, 0.717) is 0 Å². The summed E-state index contributed by atoms with van der Waals surface area (Å²) in [5.41, 5.74) is 2.52. The first-order valence-corrected chi connectivity index (χ1v) is 7.37. The summed E-state index contributed by atoms with van der Waals surface area (Å²) >= 11 is 0. The molecule has 0 saturated carbocycles. The SMILES string of the molecule is CCNC(c1ccc(C)cc1)C(C)OC(C)(C)CC. The fourth-order valence-corrected chi connectivity index (χ4v) is 2.20. The highest BCUT2D eigenvalue weighted by molar-refractivity contribution is 5.25. The molecule has 0 saturated heterocycles. The zero-order chi connectivity index (χ0) is 14.5. The van der Waals surface area contributed by atoms with Gasteiger partial charge < -0.3 is 10.1 Å². The minimum Gasteiger partial charge on any atom is -0.371 e. The summed E-state index contributed by atoms with van der Waals surface area (Å²) in [7, 11) is 0. The highest BCUT2D eigenvalue weighted by Gasteiger charge is 2.25. The molecule has 0 spiro atoms. The van der Waals surface area contributed by atoms with Gasteiger partial charge in [-0.3, -0.25) is 0 Å². The second-order valence-electron chi connectivity index (χ2n) is 5.88. The highest BCUT2D eigenvalue weighted by atomic mass is 16.5. The van der Waals surface area contributed by atoms with Gasteiger partial charge >= 0.3 is 0 Å². The average molecular weight is 263 g/mol. The van der Waals surface area contributed by atoms with E-state index in [2.05, 4.69) is 71.1 Å². The van der Waals surface area contributed by atoms with Gasteiger partial charge in [0.05, 0.1) is 17.7 Å². The zero-order valence-corrected chi connectivity index (χ0v) is 13.3.